The molecule has 1 aromatic rings. The van der Waals surface area contributed by atoms with Gasteiger partial charge in [0, 0.05) is 11.7 Å². The monoisotopic (exact) mass is 275 g/mol. The van der Waals surface area contributed by atoms with Crippen LogP contribution in [0.2, 0.25) is 0 Å². The zero-order valence-corrected chi connectivity index (χ0v) is 11.4. The number of nitrogens with one attached hydrogen (secondary N) is 2. The number of benzene rings is 1. The molecule has 1 fully saturated rings. The third-order valence-corrected chi connectivity index (χ3v) is 3.04. The third kappa shape index (κ3) is 2.96. The van der Waals surface area contributed by atoms with Crippen molar-refractivity contribution in [3.63, 3.8) is 0 Å². The number of likely N-dealkylation sites (tertiary alicyclic amines) is 1. The van der Waals surface area contributed by atoms with E-state index in [-0.39, 0.29) is 24.3 Å². The van der Waals surface area contributed by atoms with Crippen LogP contribution in [-0.4, -0.2) is 34.8 Å². The first-order valence-corrected chi connectivity index (χ1v) is 6.47. The van der Waals surface area contributed by atoms with E-state index in [2.05, 4.69) is 10.6 Å². The number of hydrogen-bond donors (Lipinski definition) is 2. The van der Waals surface area contributed by atoms with Gasteiger partial charge in [0.05, 0.1) is 6.42 Å². The summed E-state index contributed by atoms with van der Waals surface area (Å²) in [4.78, 5) is 36.7. The van der Waals surface area contributed by atoms with Gasteiger partial charge in [-0.2, -0.15) is 0 Å². The van der Waals surface area contributed by atoms with Crippen LogP contribution in [0.4, 0.5) is 10.5 Å². The van der Waals surface area contributed by atoms with Crippen molar-refractivity contribution in [2.75, 3.05) is 5.32 Å². The van der Waals surface area contributed by atoms with E-state index in [1.54, 1.807) is 38.1 Å². The maximum Gasteiger partial charge on any atom is 0.319 e. The largest absolute Gasteiger partial charge is 0.326 e. The molecule has 1 aromatic carbocycles. The van der Waals surface area contributed by atoms with E-state index in [9.17, 15) is 14.4 Å². The van der Waals surface area contributed by atoms with Gasteiger partial charge in [-0.05, 0) is 26.0 Å². The van der Waals surface area contributed by atoms with Crippen molar-refractivity contribution in [3.05, 3.63) is 30.3 Å². The van der Waals surface area contributed by atoms with E-state index in [1.165, 1.54) is 4.90 Å². The lowest BCUT2D eigenvalue weighted by Crippen LogP contribution is -2.45. The van der Waals surface area contributed by atoms with E-state index in [0.717, 1.165) is 0 Å². The molecule has 1 heterocycles. The summed E-state index contributed by atoms with van der Waals surface area (Å²) >= 11 is 0. The highest BCUT2D eigenvalue weighted by Crippen LogP contribution is 2.16. The van der Waals surface area contributed by atoms with Gasteiger partial charge in [-0.15, -0.1) is 0 Å². The summed E-state index contributed by atoms with van der Waals surface area (Å²) in [6.45, 7) is 3.53. The van der Waals surface area contributed by atoms with E-state index < -0.39 is 12.1 Å². The van der Waals surface area contributed by atoms with E-state index >= 15 is 0 Å². The predicted molar refractivity (Wildman–Crippen MR) is 74.0 cm³/mol. The van der Waals surface area contributed by atoms with Gasteiger partial charge in [-0.25, -0.2) is 4.79 Å². The number of anilines is 1. The summed E-state index contributed by atoms with van der Waals surface area (Å²) in [7, 11) is 0. The summed E-state index contributed by atoms with van der Waals surface area (Å²) in [5, 5.41) is 5.15. The smallest absolute Gasteiger partial charge is 0.319 e. The molecule has 0 unspecified atom stereocenters. The molecule has 1 atom stereocenters. The molecule has 20 heavy (non-hydrogen) atoms. The quantitative estimate of drug-likeness (QED) is 0.817. The fourth-order valence-electron chi connectivity index (χ4n) is 2.15. The van der Waals surface area contributed by atoms with Crippen LogP contribution in [0.5, 0.6) is 0 Å². The van der Waals surface area contributed by atoms with Crippen molar-refractivity contribution < 1.29 is 14.4 Å². The number of para-hydroxylation sites is 1. The maximum absolute atomic E-state index is 12.0. The fourth-order valence-corrected chi connectivity index (χ4v) is 2.15. The molecule has 6 nitrogen and oxygen atoms in total. The zero-order valence-electron chi connectivity index (χ0n) is 11.4. The van der Waals surface area contributed by atoms with Crippen LogP contribution in [0, 0.1) is 0 Å². The molecule has 0 spiro atoms. The predicted octanol–water partition coefficient (Wildman–Crippen LogP) is 1.34. The molecule has 0 aliphatic carbocycles. The first kappa shape index (κ1) is 14.0. The van der Waals surface area contributed by atoms with Crippen LogP contribution in [0.25, 0.3) is 0 Å². The second kappa shape index (κ2) is 5.73. The summed E-state index contributed by atoms with van der Waals surface area (Å²) in [6, 6.07) is 7.42. The molecule has 6 heteroatoms. The highest BCUT2D eigenvalue weighted by molar-refractivity contribution is 6.07. The Balaban J connectivity index is 1.96. The SMILES string of the molecule is CC(C)N1C(=O)C[C@H](NC(=O)Nc2ccccc2)C1=O. The van der Waals surface area contributed by atoms with Gasteiger partial charge in [0.15, 0.2) is 0 Å². The van der Waals surface area contributed by atoms with Gasteiger partial charge < -0.3 is 10.6 Å². The molecular weight excluding hydrogens is 258 g/mol. The summed E-state index contributed by atoms with van der Waals surface area (Å²) in [6.07, 6.45) is 0.0131. The van der Waals surface area contributed by atoms with Crippen LogP contribution < -0.4 is 10.6 Å². The van der Waals surface area contributed by atoms with E-state index in [0.29, 0.717) is 5.69 Å². The average molecular weight is 275 g/mol. The summed E-state index contributed by atoms with van der Waals surface area (Å²) < 4.78 is 0. The Morgan fingerprint density at radius 1 is 1.25 bits per heavy atom. The molecule has 0 saturated carbocycles. The molecule has 2 rings (SSSR count). The molecule has 2 N–H and O–H groups in total. The zero-order chi connectivity index (χ0) is 14.7. The minimum atomic E-state index is -0.784. The van der Waals surface area contributed by atoms with Crippen molar-refractivity contribution in [2.45, 2.75) is 32.4 Å². The minimum absolute atomic E-state index is 0.0131. The van der Waals surface area contributed by atoms with Crippen LogP contribution in [-0.2, 0) is 9.59 Å². The van der Waals surface area contributed by atoms with E-state index in [4.69, 9.17) is 0 Å². The second-order valence-corrected chi connectivity index (χ2v) is 4.92. The van der Waals surface area contributed by atoms with Gasteiger partial charge >= 0.3 is 6.03 Å². The van der Waals surface area contributed by atoms with Crippen molar-refractivity contribution in [3.8, 4) is 0 Å². The highest BCUT2D eigenvalue weighted by Gasteiger charge is 2.40. The van der Waals surface area contributed by atoms with Gasteiger partial charge in [0.25, 0.3) is 5.91 Å². The Kier molecular flexibility index (Phi) is 4.02. The Bertz CT molecular complexity index is 528. The number of amides is 4. The molecule has 4 amide bonds. The average Bonchev–Trinajstić information content (AvgIpc) is 2.65. The standard InChI is InChI=1S/C14H17N3O3/c1-9(2)17-12(18)8-11(13(17)19)16-14(20)15-10-6-4-3-5-7-10/h3-7,9,11H,8H2,1-2H3,(H2,15,16,20)/t11-/m0/s1. The lowest BCUT2D eigenvalue weighted by Gasteiger charge is -2.19. The Morgan fingerprint density at radius 3 is 2.45 bits per heavy atom. The molecule has 106 valence electrons. The lowest BCUT2D eigenvalue weighted by molar-refractivity contribution is -0.140. The molecule has 0 radical (unpaired) electrons. The van der Waals surface area contributed by atoms with Crippen LogP contribution in [0.3, 0.4) is 0 Å². The molecule has 1 saturated heterocycles. The normalized spacial score (nSPS) is 18.6. The maximum atomic E-state index is 12.0. The highest BCUT2D eigenvalue weighted by atomic mass is 16.2. The number of carbonyl (C=O) groups is 3. The number of hydrogen-bond acceptors (Lipinski definition) is 3. The first-order chi connectivity index (χ1) is 9.49. The fraction of sp³-hybridized carbons (Fsp3) is 0.357. The number of nitrogens with zero attached hydrogens (tertiary/aromatic N) is 1. The number of rotatable bonds is 3. The van der Waals surface area contributed by atoms with Crippen molar-refractivity contribution in [2.24, 2.45) is 0 Å². The topological polar surface area (TPSA) is 78.5 Å². The van der Waals surface area contributed by atoms with Gasteiger partial charge in [0.1, 0.15) is 6.04 Å². The number of imide groups is 1. The summed E-state index contributed by atoms with van der Waals surface area (Å²) in [5.41, 5.74) is 0.627. The van der Waals surface area contributed by atoms with Crippen LogP contribution in [0.15, 0.2) is 30.3 Å². The minimum Gasteiger partial charge on any atom is -0.326 e. The molecule has 0 bridgehead atoms. The van der Waals surface area contributed by atoms with Gasteiger partial charge in [-0.3, -0.25) is 14.5 Å². The number of carbonyl (C=O) groups excluding carboxylic acids is 3. The summed E-state index contributed by atoms with van der Waals surface area (Å²) in [5.74, 6) is -0.608. The molecule has 1 aliphatic rings. The first-order valence-electron chi connectivity index (χ1n) is 6.47. The molecular formula is C14H17N3O3. The Hall–Kier alpha value is -2.37. The Labute approximate surface area is 117 Å². The van der Waals surface area contributed by atoms with Gasteiger partial charge in [-0.1, -0.05) is 18.2 Å². The lowest BCUT2D eigenvalue weighted by atomic mass is 10.2. The molecule has 0 aromatic heterocycles. The van der Waals surface area contributed by atoms with Crippen LogP contribution >= 0.6 is 0 Å². The second-order valence-electron chi connectivity index (χ2n) is 4.92. The van der Waals surface area contributed by atoms with Crippen molar-refractivity contribution in [1.82, 2.24) is 10.2 Å². The number of urea groups is 1. The van der Waals surface area contributed by atoms with Crippen molar-refractivity contribution >= 4 is 23.5 Å². The van der Waals surface area contributed by atoms with Gasteiger partial charge in [0.2, 0.25) is 5.91 Å². The molecule has 1 aliphatic heterocycles. The Morgan fingerprint density at radius 2 is 1.90 bits per heavy atom. The van der Waals surface area contributed by atoms with Crippen molar-refractivity contribution in [1.29, 1.82) is 0 Å². The third-order valence-electron chi connectivity index (χ3n) is 3.04. The van der Waals surface area contributed by atoms with Crippen LogP contribution in [0.1, 0.15) is 20.3 Å². The van der Waals surface area contributed by atoms with E-state index in [1.807, 2.05) is 6.07 Å².